The van der Waals surface area contributed by atoms with Crippen molar-refractivity contribution in [2.45, 2.75) is 0 Å². The molecule has 0 nitrogen and oxygen atoms in total. The molecule has 0 aromatic heterocycles. The standard InChI is InChI=1S/C4H4.W/c1-3-4-2;/h1-4H;/q-2;+2. The molecule has 0 fully saturated rings. The van der Waals surface area contributed by atoms with Crippen LogP contribution in [0.2, 0.25) is 0 Å². The Balaban J connectivity index is 0. The molecule has 0 saturated heterocycles. The fourth-order valence-corrected chi connectivity index (χ4v) is 0. The van der Waals surface area contributed by atoms with E-state index in [2.05, 4.69) is 0 Å². The Morgan fingerprint density at radius 2 is 1.20 bits per heavy atom. The van der Waals surface area contributed by atoms with E-state index in [1.165, 1.54) is 12.2 Å². The third-order valence-corrected chi connectivity index (χ3v) is 0.111. The summed E-state index contributed by atoms with van der Waals surface area (Å²) >= 11 is 0. The zero-order valence-corrected chi connectivity index (χ0v) is 5.65. The maximum Gasteiger partial charge on any atom is 2.00 e. The minimum absolute atomic E-state index is 0. The average molecular weight is 236 g/mol. The van der Waals surface area contributed by atoms with Gasteiger partial charge in [-0.25, -0.2) is 0 Å². The monoisotopic (exact) mass is 236 g/mol. The molecule has 0 N–H and O–H groups in total. The molecule has 0 aromatic carbocycles. The van der Waals surface area contributed by atoms with E-state index in [9.17, 15) is 0 Å². The Morgan fingerprint density at radius 1 is 1.00 bits per heavy atom. The van der Waals surface area contributed by atoms with Gasteiger partial charge < -0.3 is 25.3 Å². The smallest absolute Gasteiger partial charge is 0.394 e. The van der Waals surface area contributed by atoms with E-state index < -0.39 is 0 Å². The van der Waals surface area contributed by atoms with Crippen LogP contribution >= 0.6 is 0 Å². The maximum absolute atomic E-state index is 4.72. The largest absolute Gasteiger partial charge is 2.00 e. The molecule has 0 aromatic rings. The second-order valence-electron chi connectivity index (χ2n) is 0.385. The quantitative estimate of drug-likeness (QED) is 0.470. The van der Waals surface area contributed by atoms with Gasteiger partial charge in [0.2, 0.25) is 0 Å². The molecule has 26 valence electrons. The summed E-state index contributed by atoms with van der Waals surface area (Å²) < 4.78 is 0. The molecule has 0 radical (unpaired) electrons. The van der Waals surface area contributed by atoms with Crippen LogP contribution in [0.1, 0.15) is 0 Å². The van der Waals surface area contributed by atoms with Gasteiger partial charge in [0.15, 0.2) is 0 Å². The van der Waals surface area contributed by atoms with Gasteiger partial charge in [0.1, 0.15) is 0 Å². The van der Waals surface area contributed by atoms with Gasteiger partial charge in [-0.15, -0.1) is 0 Å². The van der Waals surface area contributed by atoms with Gasteiger partial charge in [0, 0.05) is 0 Å². The van der Waals surface area contributed by atoms with Crippen LogP contribution in [-0.2, 0) is 21.1 Å². The summed E-state index contributed by atoms with van der Waals surface area (Å²) in [5.74, 6) is 0. The summed E-state index contributed by atoms with van der Waals surface area (Å²) in [6.07, 6.45) is 2.56. The van der Waals surface area contributed by atoms with Crippen LogP contribution in [0.3, 0.4) is 0 Å². The van der Waals surface area contributed by atoms with E-state index in [-0.39, 0.29) is 21.1 Å². The predicted octanol–water partition coefficient (Wildman–Crippen LogP) is 0.962. The SMILES string of the molecule is [CH-]=CC=[CH-].[W+2]. The van der Waals surface area contributed by atoms with Crippen LogP contribution in [0.5, 0.6) is 0 Å². The summed E-state index contributed by atoms with van der Waals surface area (Å²) in [5.41, 5.74) is 0. The van der Waals surface area contributed by atoms with E-state index in [1.54, 1.807) is 0 Å². The summed E-state index contributed by atoms with van der Waals surface area (Å²) in [5, 5.41) is 0. The summed E-state index contributed by atoms with van der Waals surface area (Å²) in [4.78, 5) is 0. The van der Waals surface area contributed by atoms with Crippen molar-refractivity contribution in [3.63, 3.8) is 0 Å². The number of rotatable bonds is 1. The molecule has 0 spiro atoms. The van der Waals surface area contributed by atoms with E-state index in [1.807, 2.05) is 0 Å². The van der Waals surface area contributed by atoms with E-state index in [0.717, 1.165) is 0 Å². The molecular formula is C4H4W. The number of hydrogen-bond donors (Lipinski definition) is 0. The molecule has 0 aliphatic carbocycles. The molecule has 0 amide bonds. The Kier molecular flexibility index (Phi) is 15.9. The summed E-state index contributed by atoms with van der Waals surface area (Å²) in [7, 11) is 0. The van der Waals surface area contributed by atoms with Crippen molar-refractivity contribution in [3.8, 4) is 0 Å². The molecule has 0 atom stereocenters. The van der Waals surface area contributed by atoms with Crippen molar-refractivity contribution in [1.82, 2.24) is 0 Å². The zero-order valence-electron chi connectivity index (χ0n) is 2.72. The first-order chi connectivity index (χ1) is 1.91. The van der Waals surface area contributed by atoms with Crippen molar-refractivity contribution in [2.24, 2.45) is 0 Å². The van der Waals surface area contributed by atoms with Gasteiger partial charge in [0.05, 0.1) is 0 Å². The van der Waals surface area contributed by atoms with E-state index >= 15 is 0 Å². The van der Waals surface area contributed by atoms with Crippen LogP contribution in [0.4, 0.5) is 0 Å². The van der Waals surface area contributed by atoms with Crippen molar-refractivity contribution in [1.29, 1.82) is 0 Å². The third-order valence-electron chi connectivity index (χ3n) is 0.111. The van der Waals surface area contributed by atoms with Gasteiger partial charge in [-0.3, -0.25) is 0 Å². The third kappa shape index (κ3) is 14.4. The number of hydrogen-bond acceptors (Lipinski definition) is 0. The fraction of sp³-hybridized carbons (Fsp3) is 0. The van der Waals surface area contributed by atoms with Gasteiger partial charge in [-0.05, 0) is 0 Å². The topological polar surface area (TPSA) is 0 Å². The maximum atomic E-state index is 4.72. The van der Waals surface area contributed by atoms with Gasteiger partial charge in [0.25, 0.3) is 0 Å². The summed E-state index contributed by atoms with van der Waals surface area (Å²) in [6, 6.07) is 0. The molecule has 0 saturated carbocycles. The predicted molar refractivity (Wildman–Crippen MR) is 17.7 cm³/mol. The normalized spacial score (nSPS) is 4.00. The van der Waals surface area contributed by atoms with Crippen LogP contribution in [0, 0.1) is 13.2 Å². The molecule has 0 heterocycles. The first-order valence-corrected chi connectivity index (χ1v) is 1.00. The molecule has 0 aliphatic heterocycles. The van der Waals surface area contributed by atoms with Crippen molar-refractivity contribution in [2.75, 3.05) is 0 Å². The minimum Gasteiger partial charge on any atom is -0.394 e. The molecule has 1 heteroatoms. The second-order valence-corrected chi connectivity index (χ2v) is 0.385. The molecule has 0 aliphatic rings. The molecule has 0 bridgehead atoms. The molecular weight excluding hydrogens is 232 g/mol. The Bertz CT molecular complexity index is 24.6. The Morgan fingerprint density at radius 3 is 1.20 bits per heavy atom. The molecule has 0 rings (SSSR count). The van der Waals surface area contributed by atoms with Crippen LogP contribution in [0.25, 0.3) is 0 Å². The van der Waals surface area contributed by atoms with E-state index in [0.29, 0.717) is 0 Å². The van der Waals surface area contributed by atoms with Gasteiger partial charge in [-0.1, -0.05) is 0 Å². The minimum atomic E-state index is 0. The zero-order chi connectivity index (χ0) is 3.41. The van der Waals surface area contributed by atoms with Crippen molar-refractivity contribution >= 4 is 0 Å². The van der Waals surface area contributed by atoms with E-state index in [4.69, 9.17) is 13.2 Å². The first kappa shape index (κ1) is 8.95. The van der Waals surface area contributed by atoms with Crippen LogP contribution in [-0.4, -0.2) is 0 Å². The second kappa shape index (κ2) is 8.90. The number of allylic oxidation sites excluding steroid dienone is 2. The van der Waals surface area contributed by atoms with Gasteiger partial charge >= 0.3 is 21.1 Å². The Hall–Kier alpha value is 0.168. The van der Waals surface area contributed by atoms with Crippen LogP contribution < -0.4 is 0 Å². The van der Waals surface area contributed by atoms with Crippen LogP contribution in [0.15, 0.2) is 12.2 Å². The average Bonchev–Trinajstić information content (AvgIpc) is 1.37. The fourth-order valence-electron chi connectivity index (χ4n) is 0. The molecule has 5 heavy (non-hydrogen) atoms. The van der Waals surface area contributed by atoms with Gasteiger partial charge in [-0.2, -0.15) is 0 Å². The first-order valence-electron chi connectivity index (χ1n) is 1.00. The molecule has 0 unspecified atom stereocenters. The van der Waals surface area contributed by atoms with Crippen molar-refractivity contribution in [3.05, 3.63) is 25.3 Å². The Labute approximate surface area is 46.8 Å². The van der Waals surface area contributed by atoms with Crippen molar-refractivity contribution < 1.29 is 21.1 Å². The summed E-state index contributed by atoms with van der Waals surface area (Å²) in [6.45, 7) is 9.44.